The minimum atomic E-state index is -3.62. The number of aryl methyl sites for hydroxylation is 1. The molecule has 1 saturated heterocycles. The molecule has 0 bridgehead atoms. The zero-order valence-corrected chi connectivity index (χ0v) is 16.2. The van der Waals surface area contributed by atoms with E-state index in [9.17, 15) is 8.42 Å². The number of pyridine rings is 1. The molecule has 1 aromatic carbocycles. The van der Waals surface area contributed by atoms with E-state index in [1.54, 1.807) is 34.9 Å². The normalized spacial score (nSPS) is 18.8. The number of aromatic nitrogens is 1. The van der Waals surface area contributed by atoms with Gasteiger partial charge in [0.2, 0.25) is 10.0 Å². The summed E-state index contributed by atoms with van der Waals surface area (Å²) in [5.41, 5.74) is 1.70. The molecule has 1 fully saturated rings. The lowest BCUT2D eigenvalue weighted by Crippen LogP contribution is -2.48. The molecular formula is C19H25N3O3S. The molecule has 1 aliphatic rings. The van der Waals surface area contributed by atoms with Crippen LogP contribution in [0.3, 0.4) is 0 Å². The molecular weight excluding hydrogens is 350 g/mol. The summed E-state index contributed by atoms with van der Waals surface area (Å²) in [4.78, 5) is 4.43. The second-order valence-electron chi connectivity index (χ2n) is 6.72. The molecule has 0 spiro atoms. The fourth-order valence-electron chi connectivity index (χ4n) is 3.13. The highest BCUT2D eigenvalue weighted by Crippen LogP contribution is 2.30. The summed E-state index contributed by atoms with van der Waals surface area (Å²) in [5, 5.41) is 3.28. The van der Waals surface area contributed by atoms with Crippen LogP contribution in [0.4, 0.5) is 0 Å². The third-order valence-electron chi connectivity index (χ3n) is 4.38. The van der Waals surface area contributed by atoms with Crippen molar-refractivity contribution in [2.75, 3.05) is 19.6 Å². The van der Waals surface area contributed by atoms with Crippen molar-refractivity contribution >= 4 is 10.0 Å². The van der Waals surface area contributed by atoms with Crippen LogP contribution in [-0.4, -0.2) is 43.4 Å². The van der Waals surface area contributed by atoms with Gasteiger partial charge in [-0.05, 0) is 56.2 Å². The Kier molecular flexibility index (Phi) is 5.60. The first kappa shape index (κ1) is 18.8. The van der Waals surface area contributed by atoms with E-state index in [1.807, 2.05) is 32.9 Å². The molecule has 1 aliphatic heterocycles. The minimum Gasteiger partial charge on any atom is -0.491 e. The van der Waals surface area contributed by atoms with E-state index in [1.165, 1.54) is 0 Å². The Morgan fingerprint density at radius 1 is 1.31 bits per heavy atom. The summed E-state index contributed by atoms with van der Waals surface area (Å²) in [6, 6.07) is 8.53. The summed E-state index contributed by atoms with van der Waals surface area (Å²) >= 11 is 0. The highest BCUT2D eigenvalue weighted by atomic mass is 32.2. The van der Waals surface area contributed by atoms with Crippen molar-refractivity contribution in [2.45, 2.75) is 37.8 Å². The first-order valence-corrected chi connectivity index (χ1v) is 10.2. The number of hydrogen-bond acceptors (Lipinski definition) is 5. The lowest BCUT2D eigenvalue weighted by Gasteiger charge is -2.35. The maximum Gasteiger partial charge on any atom is 0.243 e. The molecule has 7 heteroatoms. The van der Waals surface area contributed by atoms with Crippen LogP contribution in [0, 0.1) is 6.92 Å². The molecule has 1 unspecified atom stereocenters. The summed E-state index contributed by atoms with van der Waals surface area (Å²) in [6.07, 6.45) is 3.46. The number of piperazine rings is 1. The highest BCUT2D eigenvalue weighted by molar-refractivity contribution is 7.89. The number of nitrogens with zero attached hydrogens (tertiary/aromatic N) is 2. The van der Waals surface area contributed by atoms with Crippen molar-refractivity contribution in [1.29, 1.82) is 0 Å². The van der Waals surface area contributed by atoms with Crippen molar-refractivity contribution in [2.24, 2.45) is 0 Å². The Labute approximate surface area is 155 Å². The molecule has 0 amide bonds. The molecule has 140 valence electrons. The number of ether oxygens (including phenoxy) is 1. The van der Waals surface area contributed by atoms with Crippen molar-refractivity contribution in [1.82, 2.24) is 14.6 Å². The molecule has 2 aromatic rings. The number of benzene rings is 1. The lowest BCUT2D eigenvalue weighted by molar-refractivity contribution is 0.240. The van der Waals surface area contributed by atoms with Gasteiger partial charge < -0.3 is 10.1 Å². The van der Waals surface area contributed by atoms with Crippen molar-refractivity contribution in [3.63, 3.8) is 0 Å². The van der Waals surface area contributed by atoms with Gasteiger partial charge in [-0.15, -0.1) is 0 Å². The predicted octanol–water partition coefficient (Wildman–Crippen LogP) is 2.51. The van der Waals surface area contributed by atoms with Gasteiger partial charge in [0.1, 0.15) is 5.75 Å². The molecule has 1 aromatic heterocycles. The number of nitrogens with one attached hydrogen (secondary N) is 1. The number of hydrogen-bond donors (Lipinski definition) is 1. The number of sulfonamides is 1. The van der Waals surface area contributed by atoms with Crippen LogP contribution in [0.1, 0.15) is 31.0 Å². The molecule has 26 heavy (non-hydrogen) atoms. The van der Waals surface area contributed by atoms with Crippen LogP contribution >= 0.6 is 0 Å². The average molecular weight is 375 g/mol. The average Bonchev–Trinajstić information content (AvgIpc) is 2.63. The first-order chi connectivity index (χ1) is 12.4. The zero-order valence-electron chi connectivity index (χ0n) is 15.3. The zero-order chi connectivity index (χ0) is 18.7. The maximum atomic E-state index is 13.3. The van der Waals surface area contributed by atoms with Crippen LogP contribution in [0.2, 0.25) is 0 Å². The molecule has 0 aliphatic carbocycles. The van der Waals surface area contributed by atoms with Crippen LogP contribution in [-0.2, 0) is 10.0 Å². The summed E-state index contributed by atoms with van der Waals surface area (Å²) in [5.74, 6) is 0.711. The SMILES string of the molecule is Cc1cc(S(=O)(=O)N2CCNCC2c2cccnc2)ccc1OC(C)C. The smallest absolute Gasteiger partial charge is 0.243 e. The van der Waals surface area contributed by atoms with Gasteiger partial charge in [-0.2, -0.15) is 4.31 Å². The van der Waals surface area contributed by atoms with E-state index in [-0.39, 0.29) is 12.1 Å². The monoisotopic (exact) mass is 375 g/mol. The van der Waals surface area contributed by atoms with E-state index in [4.69, 9.17) is 4.74 Å². The van der Waals surface area contributed by atoms with E-state index in [2.05, 4.69) is 10.3 Å². The van der Waals surface area contributed by atoms with Gasteiger partial charge in [-0.25, -0.2) is 8.42 Å². The van der Waals surface area contributed by atoms with E-state index in [0.29, 0.717) is 30.3 Å². The van der Waals surface area contributed by atoms with Crippen LogP contribution < -0.4 is 10.1 Å². The standard InChI is InChI=1S/C19H25N3O3S/c1-14(2)25-19-7-6-17(11-15(19)3)26(23,24)22-10-9-21-13-18(22)16-5-4-8-20-12-16/h4-8,11-12,14,18,21H,9-10,13H2,1-3H3. The van der Waals surface area contributed by atoms with Crippen molar-refractivity contribution < 1.29 is 13.2 Å². The molecule has 6 nitrogen and oxygen atoms in total. The van der Waals surface area contributed by atoms with Crippen LogP contribution in [0.15, 0.2) is 47.6 Å². The lowest BCUT2D eigenvalue weighted by atomic mass is 10.1. The second kappa shape index (κ2) is 7.73. The Morgan fingerprint density at radius 3 is 2.77 bits per heavy atom. The Bertz CT molecular complexity index is 854. The maximum absolute atomic E-state index is 13.3. The Morgan fingerprint density at radius 2 is 2.12 bits per heavy atom. The molecule has 1 N–H and O–H groups in total. The Balaban J connectivity index is 1.94. The van der Waals surface area contributed by atoms with Gasteiger partial charge in [0.15, 0.2) is 0 Å². The van der Waals surface area contributed by atoms with Gasteiger partial charge in [-0.3, -0.25) is 4.98 Å². The van der Waals surface area contributed by atoms with E-state index < -0.39 is 10.0 Å². The van der Waals surface area contributed by atoms with Crippen molar-refractivity contribution in [3.05, 3.63) is 53.9 Å². The van der Waals surface area contributed by atoms with Crippen molar-refractivity contribution in [3.8, 4) is 5.75 Å². The fourth-order valence-corrected chi connectivity index (χ4v) is 4.83. The molecule has 2 heterocycles. The van der Waals surface area contributed by atoms with Gasteiger partial charge in [-0.1, -0.05) is 6.07 Å². The predicted molar refractivity (Wildman–Crippen MR) is 101 cm³/mol. The van der Waals surface area contributed by atoms with E-state index in [0.717, 1.165) is 11.1 Å². The van der Waals surface area contributed by atoms with Gasteiger partial charge >= 0.3 is 0 Å². The largest absolute Gasteiger partial charge is 0.491 e. The fraction of sp³-hybridized carbons (Fsp3) is 0.421. The van der Waals surface area contributed by atoms with Gasteiger partial charge in [0.25, 0.3) is 0 Å². The Hall–Kier alpha value is -1.96. The third kappa shape index (κ3) is 3.90. The summed E-state index contributed by atoms with van der Waals surface area (Å²) < 4.78 is 33.9. The molecule has 3 rings (SSSR count). The third-order valence-corrected chi connectivity index (χ3v) is 6.28. The van der Waals surface area contributed by atoms with Crippen LogP contribution in [0.5, 0.6) is 5.75 Å². The first-order valence-electron chi connectivity index (χ1n) is 8.79. The molecule has 0 saturated carbocycles. The molecule has 1 atom stereocenters. The number of rotatable bonds is 5. The summed E-state index contributed by atoms with van der Waals surface area (Å²) in [7, 11) is -3.62. The van der Waals surface area contributed by atoms with Gasteiger partial charge in [0, 0.05) is 32.0 Å². The minimum absolute atomic E-state index is 0.0410. The van der Waals surface area contributed by atoms with E-state index >= 15 is 0 Å². The van der Waals surface area contributed by atoms with Gasteiger partial charge in [0.05, 0.1) is 17.0 Å². The molecule has 0 radical (unpaired) electrons. The summed E-state index contributed by atoms with van der Waals surface area (Å²) in [6.45, 7) is 7.38. The van der Waals surface area contributed by atoms with Crippen LogP contribution in [0.25, 0.3) is 0 Å². The highest BCUT2D eigenvalue weighted by Gasteiger charge is 2.34. The second-order valence-corrected chi connectivity index (χ2v) is 8.61. The quantitative estimate of drug-likeness (QED) is 0.869. The topological polar surface area (TPSA) is 71.5 Å².